The van der Waals surface area contributed by atoms with Crippen LogP contribution in [0.2, 0.25) is 0 Å². The normalized spacial score (nSPS) is 24.3. The third kappa shape index (κ3) is 7.43. The number of carbonyl (C=O) groups is 5. The van der Waals surface area contributed by atoms with Crippen LogP contribution in [0.1, 0.15) is 95.6 Å². The lowest BCUT2D eigenvalue weighted by atomic mass is 9.49. The molecule has 13 heteroatoms. The number of nitrogens with zero attached hydrogens (tertiary/aromatic N) is 5. The van der Waals surface area contributed by atoms with Crippen LogP contribution in [0.5, 0.6) is 5.75 Å². The number of piperidine rings is 2. The van der Waals surface area contributed by atoms with Crippen molar-refractivity contribution >= 4 is 40.9 Å². The number of piperazine rings is 1. The molecule has 0 aromatic heterocycles. The molecule has 308 valence electrons. The Hall–Kier alpha value is -5.74. The molecule has 1 unspecified atom stereocenters. The molecule has 4 aliphatic heterocycles. The van der Waals surface area contributed by atoms with E-state index in [9.17, 15) is 29.2 Å². The fraction of sp³-hybridized carbons (Fsp3) is 0.478. The summed E-state index contributed by atoms with van der Waals surface area (Å²) < 4.78 is 6.52. The molecule has 3 saturated heterocycles. The van der Waals surface area contributed by atoms with Crippen molar-refractivity contribution < 1.29 is 28.7 Å². The van der Waals surface area contributed by atoms with Crippen molar-refractivity contribution in [2.45, 2.75) is 78.5 Å². The first-order valence-electron chi connectivity index (χ1n) is 20.8. The van der Waals surface area contributed by atoms with Gasteiger partial charge in [-0.15, -0.1) is 0 Å². The molecule has 0 bridgehead atoms. The lowest BCUT2D eigenvalue weighted by Crippen LogP contribution is -2.74. The molecule has 5 aliphatic rings. The molecule has 4 heterocycles. The van der Waals surface area contributed by atoms with Crippen LogP contribution in [0, 0.1) is 35.0 Å². The highest BCUT2D eigenvalue weighted by Crippen LogP contribution is 2.55. The van der Waals surface area contributed by atoms with Crippen molar-refractivity contribution in [3.63, 3.8) is 0 Å². The minimum atomic E-state index is -0.972. The fourth-order valence-electron chi connectivity index (χ4n) is 10.4. The number of benzene rings is 3. The van der Waals surface area contributed by atoms with E-state index in [0.29, 0.717) is 28.2 Å². The zero-order chi connectivity index (χ0) is 41.8. The second kappa shape index (κ2) is 15.5. The summed E-state index contributed by atoms with van der Waals surface area (Å²) in [6.07, 6.45) is 2.28. The van der Waals surface area contributed by atoms with E-state index in [4.69, 9.17) is 4.74 Å². The van der Waals surface area contributed by atoms with Gasteiger partial charge < -0.3 is 19.9 Å². The van der Waals surface area contributed by atoms with E-state index in [0.717, 1.165) is 86.2 Å². The molecule has 3 aromatic rings. The quantitative estimate of drug-likeness (QED) is 0.285. The topological polar surface area (TPSA) is 155 Å². The lowest BCUT2D eigenvalue weighted by molar-refractivity contribution is -0.164. The van der Waals surface area contributed by atoms with Crippen LogP contribution in [0.15, 0.2) is 60.7 Å². The highest BCUT2D eigenvalue weighted by atomic mass is 16.5. The van der Waals surface area contributed by atoms with E-state index in [1.807, 2.05) is 37.3 Å². The van der Waals surface area contributed by atoms with Gasteiger partial charge in [0.05, 0.1) is 22.8 Å². The summed E-state index contributed by atoms with van der Waals surface area (Å²) in [6, 6.07) is 19.9. The van der Waals surface area contributed by atoms with Gasteiger partial charge in [-0.1, -0.05) is 27.7 Å². The number of nitrogens with one attached hydrogen (secondary N) is 2. The molecule has 0 radical (unpaired) electrons. The summed E-state index contributed by atoms with van der Waals surface area (Å²) in [5.74, 6) is -0.711. The average molecular weight is 800 g/mol. The second-order valence-electron chi connectivity index (χ2n) is 18.1. The molecule has 8 rings (SSSR count). The van der Waals surface area contributed by atoms with Gasteiger partial charge in [-0.2, -0.15) is 5.26 Å². The van der Waals surface area contributed by atoms with Crippen molar-refractivity contribution in [3.8, 4) is 11.8 Å². The summed E-state index contributed by atoms with van der Waals surface area (Å²) in [5, 5.41) is 14.8. The third-order valence-electron chi connectivity index (χ3n) is 13.5. The Bertz CT molecular complexity index is 2210. The number of carbonyl (C=O) groups excluding carboxylic acids is 5. The molecule has 1 saturated carbocycles. The number of hydrogen-bond donors (Lipinski definition) is 2. The number of amides is 5. The average Bonchev–Trinajstić information content (AvgIpc) is 3.47. The van der Waals surface area contributed by atoms with Gasteiger partial charge in [0.25, 0.3) is 17.7 Å². The number of aryl methyl sites for hydroxylation is 1. The maximum Gasteiger partial charge on any atom is 0.262 e. The molecule has 5 amide bonds. The molecule has 4 fully saturated rings. The highest BCUT2D eigenvalue weighted by Gasteiger charge is 2.64. The minimum absolute atomic E-state index is 0.0919. The molecule has 1 atom stereocenters. The van der Waals surface area contributed by atoms with E-state index in [2.05, 4.69) is 71.2 Å². The Kier molecular flexibility index (Phi) is 10.5. The summed E-state index contributed by atoms with van der Waals surface area (Å²) in [5.41, 5.74) is 4.15. The molecular formula is C46H53N7O6. The van der Waals surface area contributed by atoms with Crippen molar-refractivity contribution in [1.82, 2.24) is 20.4 Å². The predicted molar refractivity (Wildman–Crippen MR) is 222 cm³/mol. The van der Waals surface area contributed by atoms with Crippen molar-refractivity contribution in [2.24, 2.45) is 16.7 Å². The number of anilines is 2. The van der Waals surface area contributed by atoms with E-state index in [-0.39, 0.29) is 41.7 Å². The number of rotatable bonds is 9. The van der Waals surface area contributed by atoms with Crippen molar-refractivity contribution in [1.29, 1.82) is 5.26 Å². The molecule has 3 aromatic carbocycles. The van der Waals surface area contributed by atoms with Crippen molar-refractivity contribution in [3.05, 3.63) is 88.5 Å². The number of nitriles is 1. The number of fused-ring (bicyclic) bond motifs is 1. The number of ether oxygens (including phenoxy) is 1. The Morgan fingerprint density at radius 2 is 1.46 bits per heavy atom. The predicted octanol–water partition coefficient (Wildman–Crippen LogP) is 4.92. The SMILES string of the molecule is Cc1cc(C#N)ccc1O[C@H]1C(C)(C)[C@H](NC(=O)c2ccc(N3CCC(CN4CCN(c5ccc6c(c5)C(=O)N(C5CCC(=O)NC5=O)C6=O)CC4)CC3)cc2)C1(C)C. The van der Waals surface area contributed by atoms with Crippen LogP contribution in [-0.4, -0.2) is 103 Å². The van der Waals surface area contributed by atoms with Gasteiger partial charge in [0.2, 0.25) is 11.8 Å². The monoisotopic (exact) mass is 799 g/mol. The van der Waals surface area contributed by atoms with Crippen LogP contribution in [0.4, 0.5) is 11.4 Å². The molecule has 59 heavy (non-hydrogen) atoms. The Morgan fingerprint density at radius 1 is 0.814 bits per heavy atom. The van der Waals surface area contributed by atoms with Gasteiger partial charge in [0.1, 0.15) is 17.9 Å². The largest absolute Gasteiger partial charge is 0.489 e. The number of imide groups is 2. The van der Waals surface area contributed by atoms with Gasteiger partial charge >= 0.3 is 0 Å². The van der Waals surface area contributed by atoms with Crippen LogP contribution < -0.4 is 25.2 Å². The van der Waals surface area contributed by atoms with Crippen LogP contribution in [-0.2, 0) is 9.59 Å². The fourth-order valence-corrected chi connectivity index (χ4v) is 10.4. The summed E-state index contributed by atoms with van der Waals surface area (Å²) in [4.78, 5) is 72.3. The lowest BCUT2D eigenvalue weighted by Gasteiger charge is -2.63. The molecule has 0 spiro atoms. The third-order valence-corrected chi connectivity index (χ3v) is 13.5. The zero-order valence-electron chi connectivity index (χ0n) is 34.5. The molecule has 2 N–H and O–H groups in total. The molecule has 13 nitrogen and oxygen atoms in total. The van der Waals surface area contributed by atoms with Gasteiger partial charge in [-0.3, -0.25) is 39.1 Å². The first kappa shape index (κ1) is 40.1. The maximum absolute atomic E-state index is 13.5. The van der Waals surface area contributed by atoms with Crippen LogP contribution in [0.25, 0.3) is 0 Å². The van der Waals surface area contributed by atoms with E-state index >= 15 is 0 Å². The summed E-state index contributed by atoms with van der Waals surface area (Å²) in [6.45, 7) is 16.8. The summed E-state index contributed by atoms with van der Waals surface area (Å²) >= 11 is 0. The van der Waals surface area contributed by atoms with Crippen molar-refractivity contribution in [2.75, 3.05) is 55.6 Å². The van der Waals surface area contributed by atoms with Gasteiger partial charge in [0.15, 0.2) is 0 Å². The number of hydrogen-bond acceptors (Lipinski definition) is 10. The Balaban J connectivity index is 0.791. The maximum atomic E-state index is 13.5. The van der Waals surface area contributed by atoms with Crippen LogP contribution in [0.3, 0.4) is 0 Å². The second-order valence-corrected chi connectivity index (χ2v) is 18.1. The van der Waals surface area contributed by atoms with E-state index in [1.54, 1.807) is 18.2 Å². The standard InChI is InChI=1S/C46H53N7O6/c1-28-24-30(26-47)6-14-37(28)59-44-45(2,3)43(46(44,4)5)49-39(55)31-7-9-32(10-8-31)51-18-16-29(17-19-51)27-50-20-22-52(23-21-50)33-11-12-34-35(25-33)42(58)53(41(34)57)36-13-15-38(54)48-40(36)56/h6-12,14,24-25,29,36,43-44H,13,15-23,27H2,1-5H3,(H,49,55)(H,48,54,56)/t36?,43-,44-. The van der Waals surface area contributed by atoms with Gasteiger partial charge in [-0.05, 0) is 98.3 Å². The molecular weight excluding hydrogens is 747 g/mol. The van der Waals surface area contributed by atoms with Gasteiger partial charge in [-0.25, -0.2) is 0 Å². The van der Waals surface area contributed by atoms with Gasteiger partial charge in [0, 0.05) is 86.0 Å². The summed E-state index contributed by atoms with van der Waals surface area (Å²) in [7, 11) is 0. The Morgan fingerprint density at radius 3 is 2.10 bits per heavy atom. The smallest absolute Gasteiger partial charge is 0.262 e. The zero-order valence-corrected chi connectivity index (χ0v) is 34.5. The highest BCUT2D eigenvalue weighted by molar-refractivity contribution is 6.23. The minimum Gasteiger partial charge on any atom is -0.489 e. The Labute approximate surface area is 345 Å². The van der Waals surface area contributed by atoms with E-state index in [1.165, 1.54) is 0 Å². The molecule has 1 aliphatic carbocycles. The first-order valence-corrected chi connectivity index (χ1v) is 20.8. The van der Waals surface area contributed by atoms with Crippen LogP contribution >= 0.6 is 0 Å². The van der Waals surface area contributed by atoms with E-state index < -0.39 is 29.7 Å². The first-order chi connectivity index (χ1) is 28.1.